The van der Waals surface area contributed by atoms with Gasteiger partial charge in [0.1, 0.15) is 10.8 Å². The Morgan fingerprint density at radius 2 is 1.63 bits per heavy atom. The number of amides is 2. The second-order valence-electron chi connectivity index (χ2n) is 11.3. The van der Waals surface area contributed by atoms with Gasteiger partial charge in [0, 0.05) is 62.5 Å². The smallest absolute Gasteiger partial charge is 0.255 e. The number of aryl methyl sites for hydroxylation is 1. The number of benzene rings is 2. The number of carbonyl (C=O) groups is 2. The van der Waals surface area contributed by atoms with Gasteiger partial charge in [-0.2, -0.15) is 0 Å². The fourth-order valence-electron chi connectivity index (χ4n) is 6.04. The van der Waals surface area contributed by atoms with Gasteiger partial charge in [-0.05, 0) is 49.9 Å². The van der Waals surface area contributed by atoms with Crippen molar-refractivity contribution in [3.8, 4) is 27.7 Å². The quantitative estimate of drug-likeness (QED) is 0.265. The molecule has 0 bridgehead atoms. The number of rotatable bonds is 9. The summed E-state index contributed by atoms with van der Waals surface area (Å²) in [4.78, 5) is 37.7. The fourth-order valence-corrected chi connectivity index (χ4v) is 6.86. The lowest BCUT2D eigenvalue weighted by atomic mass is 10.1. The van der Waals surface area contributed by atoms with Crippen molar-refractivity contribution in [1.29, 1.82) is 0 Å². The highest BCUT2D eigenvalue weighted by molar-refractivity contribution is 7.13. The molecule has 6 rings (SSSR count). The van der Waals surface area contributed by atoms with Gasteiger partial charge < -0.3 is 19.1 Å². The molecule has 4 aromatic rings. The summed E-state index contributed by atoms with van der Waals surface area (Å²) in [5.74, 6) is 1.10. The van der Waals surface area contributed by atoms with Crippen LogP contribution in [-0.4, -0.2) is 89.0 Å². The standard InChI is InChI=1S/C34H39N5O3S/c1-25-29(34(41)38-20-18-36(19-21-38)23-32(40)37-15-6-7-16-37)22-31(30-24-43-33(35-30)27-8-4-3-5-9-27)39(25)17-14-26-10-12-28(42-2)13-11-26/h3-5,8-13,22,24H,6-7,14-21,23H2,1-2H3. The molecule has 2 fully saturated rings. The number of carbonyl (C=O) groups excluding carboxylic acids is 2. The summed E-state index contributed by atoms with van der Waals surface area (Å²) in [7, 11) is 1.68. The molecule has 2 amide bonds. The van der Waals surface area contributed by atoms with Crippen LogP contribution in [0, 0.1) is 6.92 Å². The van der Waals surface area contributed by atoms with E-state index < -0.39 is 0 Å². The van der Waals surface area contributed by atoms with Gasteiger partial charge in [0.15, 0.2) is 0 Å². The van der Waals surface area contributed by atoms with E-state index in [1.54, 1.807) is 18.4 Å². The minimum atomic E-state index is 0.0472. The van der Waals surface area contributed by atoms with E-state index in [2.05, 4.69) is 39.1 Å². The van der Waals surface area contributed by atoms with Crippen LogP contribution in [0.1, 0.15) is 34.5 Å². The summed E-state index contributed by atoms with van der Waals surface area (Å²) in [5.41, 5.74) is 5.81. The normalized spacial score (nSPS) is 15.7. The van der Waals surface area contributed by atoms with Crippen LogP contribution >= 0.6 is 11.3 Å². The Balaban J connectivity index is 1.21. The van der Waals surface area contributed by atoms with Gasteiger partial charge in [-0.25, -0.2) is 4.98 Å². The molecule has 8 nitrogen and oxygen atoms in total. The first kappa shape index (κ1) is 29.1. The Bertz CT molecular complexity index is 1550. The molecule has 2 aliphatic heterocycles. The lowest BCUT2D eigenvalue weighted by Gasteiger charge is -2.35. The summed E-state index contributed by atoms with van der Waals surface area (Å²) in [5, 5.41) is 3.05. The van der Waals surface area contributed by atoms with Crippen LogP contribution in [0.4, 0.5) is 0 Å². The number of thiazole rings is 1. The lowest BCUT2D eigenvalue weighted by Crippen LogP contribution is -2.51. The van der Waals surface area contributed by atoms with Crippen molar-refractivity contribution in [1.82, 2.24) is 24.3 Å². The molecule has 224 valence electrons. The Morgan fingerprint density at radius 1 is 0.907 bits per heavy atom. The zero-order valence-corrected chi connectivity index (χ0v) is 25.8. The van der Waals surface area contributed by atoms with E-state index in [4.69, 9.17) is 9.72 Å². The summed E-state index contributed by atoms with van der Waals surface area (Å²) in [6.45, 7) is 7.62. The predicted molar refractivity (Wildman–Crippen MR) is 171 cm³/mol. The average Bonchev–Trinajstić information content (AvgIpc) is 3.82. The van der Waals surface area contributed by atoms with Crippen LogP contribution in [0.15, 0.2) is 66.0 Å². The molecule has 2 aliphatic rings. The topological polar surface area (TPSA) is 70.9 Å². The number of methoxy groups -OCH3 is 1. The van der Waals surface area contributed by atoms with Crippen LogP contribution in [0.25, 0.3) is 22.0 Å². The second-order valence-corrected chi connectivity index (χ2v) is 12.2. The minimum absolute atomic E-state index is 0.0472. The zero-order valence-electron chi connectivity index (χ0n) is 25.0. The molecule has 2 aromatic heterocycles. The minimum Gasteiger partial charge on any atom is -0.497 e. The molecular formula is C34H39N5O3S. The number of hydrogen-bond donors (Lipinski definition) is 0. The van der Waals surface area contributed by atoms with E-state index in [0.717, 1.165) is 77.9 Å². The molecule has 0 aliphatic carbocycles. The molecule has 9 heteroatoms. The van der Waals surface area contributed by atoms with E-state index in [0.29, 0.717) is 32.7 Å². The summed E-state index contributed by atoms with van der Waals surface area (Å²) in [6.07, 6.45) is 3.02. The maximum Gasteiger partial charge on any atom is 0.255 e. The van der Waals surface area contributed by atoms with Crippen molar-refractivity contribution < 1.29 is 14.3 Å². The van der Waals surface area contributed by atoms with Crippen molar-refractivity contribution in [2.75, 3.05) is 52.9 Å². The van der Waals surface area contributed by atoms with Crippen LogP contribution in [0.5, 0.6) is 5.75 Å². The van der Waals surface area contributed by atoms with Crippen LogP contribution in [0.2, 0.25) is 0 Å². The van der Waals surface area contributed by atoms with Gasteiger partial charge in [0.25, 0.3) is 5.91 Å². The third-order valence-corrected chi connectivity index (χ3v) is 9.54. The Labute approximate surface area is 257 Å². The maximum atomic E-state index is 13.9. The van der Waals surface area contributed by atoms with E-state index in [1.807, 2.05) is 53.1 Å². The van der Waals surface area contributed by atoms with E-state index >= 15 is 0 Å². The molecule has 0 N–H and O–H groups in total. The number of nitrogens with zero attached hydrogens (tertiary/aromatic N) is 5. The molecule has 0 atom stereocenters. The van der Waals surface area contributed by atoms with Gasteiger partial charge in [0.05, 0.1) is 30.6 Å². The van der Waals surface area contributed by atoms with E-state index in [1.165, 1.54) is 5.56 Å². The Kier molecular flexibility index (Phi) is 8.90. The van der Waals surface area contributed by atoms with E-state index in [9.17, 15) is 9.59 Å². The summed E-state index contributed by atoms with van der Waals surface area (Å²) in [6, 6.07) is 20.4. The van der Waals surface area contributed by atoms with Gasteiger partial charge in [-0.3, -0.25) is 14.5 Å². The first-order valence-electron chi connectivity index (χ1n) is 15.1. The van der Waals surface area contributed by atoms with Crippen molar-refractivity contribution in [2.24, 2.45) is 0 Å². The Hall–Kier alpha value is -3.95. The average molecular weight is 598 g/mol. The molecule has 0 spiro atoms. The first-order chi connectivity index (χ1) is 21.0. The molecule has 0 unspecified atom stereocenters. The van der Waals surface area contributed by atoms with Crippen molar-refractivity contribution in [3.63, 3.8) is 0 Å². The predicted octanol–water partition coefficient (Wildman–Crippen LogP) is 5.22. The summed E-state index contributed by atoms with van der Waals surface area (Å²) < 4.78 is 7.57. The molecule has 0 saturated carbocycles. The fraction of sp³-hybridized carbons (Fsp3) is 0.382. The van der Waals surface area contributed by atoms with Gasteiger partial charge >= 0.3 is 0 Å². The molecule has 43 heavy (non-hydrogen) atoms. The SMILES string of the molecule is COc1ccc(CCn2c(-c3csc(-c4ccccc4)n3)cc(C(=O)N3CCN(CC(=O)N4CCCC4)CC3)c2C)cc1. The second kappa shape index (κ2) is 13.1. The van der Waals surface area contributed by atoms with Gasteiger partial charge in [-0.1, -0.05) is 42.5 Å². The van der Waals surface area contributed by atoms with Gasteiger partial charge in [-0.15, -0.1) is 11.3 Å². The lowest BCUT2D eigenvalue weighted by molar-refractivity contribution is -0.131. The number of likely N-dealkylation sites (tertiary alicyclic amines) is 1. The van der Waals surface area contributed by atoms with Crippen molar-refractivity contribution >= 4 is 23.2 Å². The third-order valence-electron chi connectivity index (χ3n) is 8.64. The molecule has 2 saturated heterocycles. The van der Waals surface area contributed by atoms with Crippen LogP contribution in [-0.2, 0) is 17.8 Å². The highest BCUT2D eigenvalue weighted by Gasteiger charge is 2.28. The molecular weight excluding hydrogens is 558 g/mol. The number of piperazine rings is 1. The monoisotopic (exact) mass is 597 g/mol. The number of ether oxygens (including phenoxy) is 1. The van der Waals surface area contributed by atoms with E-state index in [-0.39, 0.29) is 11.8 Å². The third kappa shape index (κ3) is 6.53. The number of aromatic nitrogens is 2. The highest BCUT2D eigenvalue weighted by Crippen LogP contribution is 2.32. The molecule has 0 radical (unpaired) electrons. The van der Waals surface area contributed by atoms with Crippen molar-refractivity contribution in [3.05, 3.63) is 82.9 Å². The van der Waals surface area contributed by atoms with Crippen molar-refractivity contribution in [2.45, 2.75) is 32.7 Å². The summed E-state index contributed by atoms with van der Waals surface area (Å²) >= 11 is 1.62. The first-order valence-corrected chi connectivity index (χ1v) is 16.0. The molecule has 2 aromatic carbocycles. The van der Waals surface area contributed by atoms with Crippen LogP contribution < -0.4 is 4.74 Å². The Morgan fingerprint density at radius 3 is 2.33 bits per heavy atom. The number of hydrogen-bond acceptors (Lipinski definition) is 6. The maximum absolute atomic E-state index is 13.9. The van der Waals surface area contributed by atoms with Crippen LogP contribution in [0.3, 0.4) is 0 Å². The highest BCUT2D eigenvalue weighted by atomic mass is 32.1. The largest absolute Gasteiger partial charge is 0.497 e. The van der Waals surface area contributed by atoms with Gasteiger partial charge in [0.2, 0.25) is 5.91 Å². The zero-order chi connectivity index (χ0) is 29.8. The molecule has 4 heterocycles.